The van der Waals surface area contributed by atoms with E-state index in [-0.39, 0.29) is 48.8 Å². The second kappa shape index (κ2) is 19.2. The molecule has 0 aliphatic rings. The first-order valence-electron chi connectivity index (χ1n) is 16.4. The minimum atomic E-state index is -0.900. The van der Waals surface area contributed by atoms with Crippen molar-refractivity contribution in [3.63, 3.8) is 0 Å². The maximum atomic E-state index is 14.0. The van der Waals surface area contributed by atoms with Crippen LogP contribution < -0.4 is 21.7 Å². The molecule has 0 fully saturated rings. The maximum absolute atomic E-state index is 14.0. The molecule has 0 saturated heterocycles. The molecule has 5 N–H and O–H groups in total. The first-order chi connectivity index (χ1) is 22.3. The molecule has 0 unspecified atom stereocenters. The van der Waals surface area contributed by atoms with Gasteiger partial charge in [0.1, 0.15) is 6.04 Å². The number of hydrogen-bond acceptors (Lipinski definition) is 6. The van der Waals surface area contributed by atoms with Crippen LogP contribution in [0, 0.1) is 11.8 Å². The molecular weight excluding hydrogens is 578 g/mol. The number of nitrogens with one attached hydrogen (secondary N) is 3. The van der Waals surface area contributed by atoms with E-state index in [4.69, 9.17) is 5.73 Å². The number of unbranched alkanes of at least 4 members (excludes halogenated alkanes) is 1. The SMILES string of the molecule is CCC(=O)N[C@@H](Cc1ccccn1)C(=O)N[C@H](C(=O)C[C@@H](CCCCN)C(=O)NC(c1ccccc1)c1ccccc1)[C@@H](C)CC. The predicted molar refractivity (Wildman–Crippen MR) is 180 cm³/mol. The third kappa shape index (κ3) is 11.2. The molecule has 0 aliphatic heterocycles. The van der Waals surface area contributed by atoms with E-state index in [1.165, 1.54) is 0 Å². The van der Waals surface area contributed by atoms with E-state index >= 15 is 0 Å². The summed E-state index contributed by atoms with van der Waals surface area (Å²) in [7, 11) is 0. The Morgan fingerprint density at radius 2 is 1.41 bits per heavy atom. The summed E-state index contributed by atoms with van der Waals surface area (Å²) < 4.78 is 0. The average molecular weight is 628 g/mol. The van der Waals surface area contributed by atoms with Crippen LogP contribution in [0.15, 0.2) is 85.1 Å². The Hall–Kier alpha value is -4.37. The van der Waals surface area contributed by atoms with Crippen LogP contribution in [0.5, 0.6) is 0 Å². The number of rotatable bonds is 19. The third-order valence-electron chi connectivity index (χ3n) is 8.35. The summed E-state index contributed by atoms with van der Waals surface area (Å²) in [6.07, 6.45) is 4.55. The molecule has 3 amide bonds. The van der Waals surface area contributed by atoms with Crippen molar-refractivity contribution in [2.75, 3.05) is 6.54 Å². The number of amides is 3. The van der Waals surface area contributed by atoms with Gasteiger partial charge >= 0.3 is 0 Å². The summed E-state index contributed by atoms with van der Waals surface area (Å²) in [5.41, 5.74) is 8.28. The van der Waals surface area contributed by atoms with Crippen molar-refractivity contribution in [1.29, 1.82) is 0 Å². The van der Waals surface area contributed by atoms with Crippen LogP contribution in [0.3, 0.4) is 0 Å². The predicted octanol–water partition coefficient (Wildman–Crippen LogP) is 4.66. The van der Waals surface area contributed by atoms with Gasteiger partial charge in [-0.15, -0.1) is 0 Å². The Morgan fingerprint density at radius 1 is 0.783 bits per heavy atom. The van der Waals surface area contributed by atoms with Crippen molar-refractivity contribution in [1.82, 2.24) is 20.9 Å². The van der Waals surface area contributed by atoms with Crippen LogP contribution in [0.2, 0.25) is 0 Å². The monoisotopic (exact) mass is 627 g/mol. The number of carbonyl (C=O) groups is 4. The highest BCUT2D eigenvalue weighted by molar-refractivity contribution is 5.95. The van der Waals surface area contributed by atoms with E-state index in [9.17, 15) is 19.2 Å². The first kappa shape index (κ1) is 36.1. The molecule has 2 aromatic carbocycles. The number of pyridine rings is 1. The number of nitrogens with zero attached hydrogens (tertiary/aromatic N) is 1. The van der Waals surface area contributed by atoms with Gasteiger partial charge in [-0.25, -0.2) is 0 Å². The lowest BCUT2D eigenvalue weighted by molar-refractivity contribution is -0.134. The Morgan fingerprint density at radius 3 is 1.96 bits per heavy atom. The van der Waals surface area contributed by atoms with E-state index in [1.54, 1.807) is 25.3 Å². The van der Waals surface area contributed by atoms with Crippen molar-refractivity contribution in [2.24, 2.45) is 17.6 Å². The minimum Gasteiger partial charge on any atom is -0.345 e. The Kier molecular flexibility index (Phi) is 15.1. The molecule has 3 aromatic rings. The van der Waals surface area contributed by atoms with Crippen molar-refractivity contribution in [3.05, 3.63) is 102 Å². The van der Waals surface area contributed by atoms with Gasteiger partial charge in [-0.05, 0) is 48.6 Å². The second-order valence-corrected chi connectivity index (χ2v) is 11.8. The number of nitrogens with two attached hydrogens (primary N) is 1. The van der Waals surface area contributed by atoms with Gasteiger partial charge in [-0.3, -0.25) is 24.2 Å². The van der Waals surface area contributed by atoms with Gasteiger partial charge in [-0.2, -0.15) is 0 Å². The quantitative estimate of drug-likeness (QED) is 0.142. The van der Waals surface area contributed by atoms with Crippen molar-refractivity contribution < 1.29 is 19.2 Å². The van der Waals surface area contributed by atoms with E-state index in [2.05, 4.69) is 20.9 Å². The van der Waals surface area contributed by atoms with Crippen LogP contribution in [0.4, 0.5) is 0 Å². The van der Waals surface area contributed by atoms with Gasteiger partial charge in [0.15, 0.2) is 5.78 Å². The molecule has 0 bridgehead atoms. The highest BCUT2D eigenvalue weighted by Gasteiger charge is 2.33. The fourth-order valence-electron chi connectivity index (χ4n) is 5.40. The zero-order valence-electron chi connectivity index (χ0n) is 27.3. The molecule has 9 heteroatoms. The largest absolute Gasteiger partial charge is 0.345 e. The summed E-state index contributed by atoms with van der Waals surface area (Å²) >= 11 is 0. The maximum Gasteiger partial charge on any atom is 0.243 e. The number of benzene rings is 2. The zero-order chi connectivity index (χ0) is 33.3. The first-order valence-corrected chi connectivity index (χ1v) is 16.4. The molecule has 1 aromatic heterocycles. The van der Waals surface area contributed by atoms with Gasteiger partial charge in [0, 0.05) is 37.1 Å². The van der Waals surface area contributed by atoms with Crippen LogP contribution in [-0.4, -0.2) is 47.1 Å². The second-order valence-electron chi connectivity index (χ2n) is 11.8. The summed E-state index contributed by atoms with van der Waals surface area (Å²) in [6.45, 7) is 6.07. The summed E-state index contributed by atoms with van der Waals surface area (Å²) in [5.74, 6) is -1.97. The Labute approximate surface area is 273 Å². The van der Waals surface area contributed by atoms with Gasteiger partial charge in [0.2, 0.25) is 17.7 Å². The topological polar surface area (TPSA) is 143 Å². The molecule has 246 valence electrons. The lowest BCUT2D eigenvalue weighted by Crippen LogP contribution is -2.54. The van der Waals surface area contributed by atoms with Crippen LogP contribution in [0.1, 0.15) is 82.2 Å². The number of hydrogen-bond donors (Lipinski definition) is 4. The van der Waals surface area contributed by atoms with E-state index < -0.39 is 23.9 Å². The number of carbonyl (C=O) groups excluding carboxylic acids is 4. The van der Waals surface area contributed by atoms with Crippen LogP contribution in [0.25, 0.3) is 0 Å². The lowest BCUT2D eigenvalue weighted by atomic mass is 9.87. The zero-order valence-corrected chi connectivity index (χ0v) is 27.3. The minimum absolute atomic E-state index is 0.0335. The molecule has 3 rings (SSSR count). The van der Waals surface area contributed by atoms with Gasteiger partial charge in [0.25, 0.3) is 0 Å². The molecular formula is C37H49N5O4. The molecule has 4 atom stereocenters. The van der Waals surface area contributed by atoms with Gasteiger partial charge in [-0.1, -0.05) is 100 Å². The summed E-state index contributed by atoms with van der Waals surface area (Å²) in [6, 6.07) is 22.8. The molecule has 0 aliphatic carbocycles. The molecule has 0 saturated carbocycles. The highest BCUT2D eigenvalue weighted by atomic mass is 16.2. The summed E-state index contributed by atoms with van der Waals surface area (Å²) in [5, 5.41) is 8.94. The standard InChI is InChI=1S/C37H49N5O4/c1-4-26(3)34(41-37(46)31(40-33(44)5-2)25-30-21-13-15-23-39-30)32(43)24-29(20-12-14-22-38)36(45)42-35(27-16-8-6-9-17-27)28-18-10-7-11-19-28/h6-11,13,15-19,21,23,26,29,31,34-35H,4-5,12,14,20,22,24-25,38H2,1-3H3,(H,40,44)(H,41,46)(H,42,45)/t26-,29+,31-,34-/m0/s1. The van der Waals surface area contributed by atoms with Gasteiger partial charge < -0.3 is 21.7 Å². The van der Waals surface area contributed by atoms with Gasteiger partial charge in [0.05, 0.1) is 12.1 Å². The normalized spacial score (nSPS) is 13.7. The van der Waals surface area contributed by atoms with Crippen molar-refractivity contribution in [3.8, 4) is 0 Å². The Balaban J connectivity index is 1.83. The van der Waals surface area contributed by atoms with Crippen LogP contribution >= 0.6 is 0 Å². The van der Waals surface area contributed by atoms with E-state index in [0.717, 1.165) is 17.5 Å². The lowest BCUT2D eigenvalue weighted by Gasteiger charge is -2.28. The van der Waals surface area contributed by atoms with Crippen molar-refractivity contribution in [2.45, 2.75) is 83.8 Å². The van der Waals surface area contributed by atoms with Crippen molar-refractivity contribution >= 4 is 23.5 Å². The molecule has 46 heavy (non-hydrogen) atoms. The highest BCUT2D eigenvalue weighted by Crippen LogP contribution is 2.25. The summed E-state index contributed by atoms with van der Waals surface area (Å²) in [4.78, 5) is 58.2. The number of aromatic nitrogens is 1. The average Bonchev–Trinajstić information content (AvgIpc) is 3.09. The fourth-order valence-corrected chi connectivity index (χ4v) is 5.40. The Bertz CT molecular complexity index is 1330. The molecule has 1 heterocycles. The van der Waals surface area contributed by atoms with E-state index in [1.807, 2.05) is 80.6 Å². The van der Waals surface area contributed by atoms with E-state index in [0.29, 0.717) is 31.5 Å². The fraction of sp³-hybridized carbons (Fsp3) is 0.432. The molecule has 9 nitrogen and oxygen atoms in total. The molecule has 0 radical (unpaired) electrons. The molecule has 0 spiro atoms. The third-order valence-corrected chi connectivity index (χ3v) is 8.35. The van der Waals surface area contributed by atoms with Crippen LogP contribution in [-0.2, 0) is 25.6 Å². The number of ketones is 1. The smallest absolute Gasteiger partial charge is 0.243 e. The number of Topliss-reactive ketones (excluding diaryl/α,β-unsaturated/α-hetero) is 1.